The molecule has 2 aromatic rings. The van der Waals surface area contributed by atoms with Crippen molar-refractivity contribution in [3.8, 4) is 6.07 Å². The van der Waals surface area contributed by atoms with Crippen LogP contribution in [-0.4, -0.2) is 28.9 Å². The summed E-state index contributed by atoms with van der Waals surface area (Å²) in [6, 6.07) is 13.4. The van der Waals surface area contributed by atoms with Crippen molar-refractivity contribution in [3.05, 3.63) is 70.8 Å². The fraction of sp³-hybridized carbons (Fsp3) is 0.400. The van der Waals surface area contributed by atoms with Gasteiger partial charge in [-0.15, -0.1) is 0 Å². The Morgan fingerprint density at radius 1 is 1.06 bits per heavy atom. The second kappa shape index (κ2) is 9.26. The number of amides is 1. The van der Waals surface area contributed by atoms with E-state index in [2.05, 4.69) is 0 Å². The molecular weight excluding hydrogens is 433 g/mol. The lowest BCUT2D eigenvalue weighted by molar-refractivity contribution is -0.137. The lowest BCUT2D eigenvalue weighted by Crippen LogP contribution is -2.55. The van der Waals surface area contributed by atoms with E-state index in [1.54, 1.807) is 11.0 Å². The second-order valence-corrected chi connectivity index (χ2v) is 8.63. The maximum absolute atomic E-state index is 13.2. The van der Waals surface area contributed by atoms with Crippen molar-refractivity contribution in [3.63, 3.8) is 0 Å². The number of fused-ring (bicyclic) bond motifs is 2. The Labute approximate surface area is 189 Å². The number of carbonyl (C=O) groups excluding carboxylic acids is 2. The molecule has 2 heterocycles. The molecule has 8 heteroatoms. The summed E-state index contributed by atoms with van der Waals surface area (Å²) >= 11 is 0. The Hall–Kier alpha value is -3.34. The van der Waals surface area contributed by atoms with Crippen LogP contribution in [0.2, 0.25) is 0 Å². The summed E-state index contributed by atoms with van der Waals surface area (Å²) in [7, 11) is 0. The zero-order chi connectivity index (χ0) is 23.6. The van der Waals surface area contributed by atoms with Gasteiger partial charge < -0.3 is 9.64 Å². The molecule has 33 heavy (non-hydrogen) atoms. The first kappa shape index (κ1) is 22.8. The molecule has 1 amide bonds. The van der Waals surface area contributed by atoms with Crippen LogP contribution in [0, 0.1) is 17.2 Å². The Kier molecular flexibility index (Phi) is 6.41. The first-order chi connectivity index (χ1) is 15.8. The van der Waals surface area contributed by atoms with Crippen LogP contribution in [-0.2, 0) is 17.5 Å². The van der Waals surface area contributed by atoms with Crippen LogP contribution in [0.1, 0.15) is 59.2 Å². The van der Waals surface area contributed by atoms with Gasteiger partial charge in [0, 0.05) is 23.6 Å². The van der Waals surface area contributed by atoms with E-state index < -0.39 is 29.5 Å². The van der Waals surface area contributed by atoms with Crippen LogP contribution in [0.5, 0.6) is 0 Å². The summed E-state index contributed by atoms with van der Waals surface area (Å²) in [4.78, 5) is 27.7. The molecular formula is C25H23F3N2O3. The lowest BCUT2D eigenvalue weighted by Gasteiger charge is -2.47. The molecule has 0 aliphatic carbocycles. The number of piperidine rings is 2. The minimum Gasteiger partial charge on any atom is -0.445 e. The predicted molar refractivity (Wildman–Crippen MR) is 113 cm³/mol. The van der Waals surface area contributed by atoms with E-state index in [1.807, 2.05) is 30.3 Å². The van der Waals surface area contributed by atoms with E-state index in [-0.39, 0.29) is 29.8 Å². The van der Waals surface area contributed by atoms with Crippen molar-refractivity contribution in [2.75, 3.05) is 0 Å². The van der Waals surface area contributed by atoms with Crippen LogP contribution in [0.3, 0.4) is 0 Å². The van der Waals surface area contributed by atoms with Crippen molar-refractivity contribution in [1.82, 2.24) is 4.90 Å². The number of nitrogens with zero attached hydrogens (tertiary/aromatic N) is 2. The third-order valence-corrected chi connectivity index (χ3v) is 6.44. The lowest BCUT2D eigenvalue weighted by atomic mass is 9.75. The van der Waals surface area contributed by atoms with Gasteiger partial charge in [0.1, 0.15) is 6.61 Å². The van der Waals surface area contributed by atoms with E-state index in [4.69, 9.17) is 10.00 Å². The zero-order valence-corrected chi connectivity index (χ0v) is 17.8. The van der Waals surface area contributed by atoms with E-state index in [0.717, 1.165) is 24.1 Å². The average Bonchev–Trinajstić information content (AvgIpc) is 2.81. The summed E-state index contributed by atoms with van der Waals surface area (Å²) in [6.45, 7) is 0.152. The van der Waals surface area contributed by atoms with E-state index in [1.165, 1.54) is 6.07 Å². The van der Waals surface area contributed by atoms with Crippen LogP contribution in [0.15, 0.2) is 48.5 Å². The van der Waals surface area contributed by atoms with Crippen molar-refractivity contribution >= 4 is 11.9 Å². The summed E-state index contributed by atoms with van der Waals surface area (Å²) in [5.41, 5.74) is -0.439. The van der Waals surface area contributed by atoms with E-state index >= 15 is 0 Å². The number of carbonyl (C=O) groups is 2. The van der Waals surface area contributed by atoms with Gasteiger partial charge in [-0.25, -0.2) is 4.79 Å². The minimum absolute atomic E-state index is 0.107. The molecule has 2 unspecified atom stereocenters. The topological polar surface area (TPSA) is 70.4 Å². The van der Waals surface area contributed by atoms with Gasteiger partial charge in [-0.3, -0.25) is 4.79 Å². The summed E-state index contributed by atoms with van der Waals surface area (Å²) in [5.74, 6) is -0.916. The summed E-state index contributed by atoms with van der Waals surface area (Å²) in [6.07, 6.45) is -1.99. The number of alkyl halides is 3. The van der Waals surface area contributed by atoms with Crippen LogP contribution >= 0.6 is 0 Å². The highest BCUT2D eigenvalue weighted by Gasteiger charge is 2.44. The Balaban J connectivity index is 1.49. The van der Waals surface area contributed by atoms with Gasteiger partial charge >= 0.3 is 12.3 Å². The largest absolute Gasteiger partial charge is 0.445 e. The smallest absolute Gasteiger partial charge is 0.416 e. The minimum atomic E-state index is -4.65. The quantitative estimate of drug-likeness (QED) is 0.551. The van der Waals surface area contributed by atoms with Crippen LogP contribution in [0.4, 0.5) is 18.0 Å². The van der Waals surface area contributed by atoms with Gasteiger partial charge in [-0.05, 0) is 55.9 Å². The molecule has 2 aliphatic heterocycles. The predicted octanol–water partition coefficient (Wildman–Crippen LogP) is 5.73. The third kappa shape index (κ3) is 5.03. The fourth-order valence-corrected chi connectivity index (χ4v) is 4.92. The number of hydrogen-bond donors (Lipinski definition) is 0. The second-order valence-electron chi connectivity index (χ2n) is 8.63. The monoisotopic (exact) mass is 456 g/mol. The number of ketones is 1. The molecule has 2 bridgehead atoms. The Morgan fingerprint density at radius 2 is 1.73 bits per heavy atom. The van der Waals surface area contributed by atoms with Gasteiger partial charge in [0.05, 0.1) is 17.2 Å². The zero-order valence-electron chi connectivity index (χ0n) is 17.8. The van der Waals surface area contributed by atoms with Gasteiger partial charge in [-0.1, -0.05) is 30.3 Å². The van der Waals surface area contributed by atoms with Gasteiger partial charge in [0.25, 0.3) is 0 Å². The maximum atomic E-state index is 13.2. The van der Waals surface area contributed by atoms with Crippen LogP contribution < -0.4 is 0 Å². The molecule has 2 aliphatic rings. The summed E-state index contributed by atoms with van der Waals surface area (Å²) < 4.78 is 45.2. The van der Waals surface area contributed by atoms with Crippen LogP contribution in [0.25, 0.3) is 0 Å². The number of benzene rings is 2. The molecule has 2 fully saturated rings. The number of ether oxygens (including phenoxy) is 1. The number of Topliss-reactive ketones (excluding diaryl/α,β-unsaturated/α-hetero) is 1. The highest BCUT2D eigenvalue weighted by molar-refractivity contribution is 5.98. The fourth-order valence-electron chi connectivity index (χ4n) is 4.92. The number of hydrogen-bond acceptors (Lipinski definition) is 4. The molecule has 0 spiro atoms. The van der Waals surface area contributed by atoms with Crippen molar-refractivity contribution in [2.24, 2.45) is 5.92 Å². The molecule has 0 N–H and O–H groups in total. The number of rotatable bonds is 4. The molecule has 2 atom stereocenters. The highest BCUT2D eigenvalue weighted by Crippen LogP contribution is 2.39. The van der Waals surface area contributed by atoms with Crippen molar-refractivity contribution in [2.45, 2.75) is 57.0 Å². The van der Waals surface area contributed by atoms with Gasteiger partial charge in [-0.2, -0.15) is 18.4 Å². The molecule has 0 aromatic heterocycles. The Morgan fingerprint density at radius 3 is 2.33 bits per heavy atom. The van der Waals surface area contributed by atoms with Crippen molar-refractivity contribution in [1.29, 1.82) is 5.26 Å². The molecule has 172 valence electrons. The summed E-state index contributed by atoms with van der Waals surface area (Å²) in [5, 5.41) is 9.12. The molecule has 2 aromatic carbocycles. The van der Waals surface area contributed by atoms with Gasteiger partial charge in [0.2, 0.25) is 0 Å². The molecule has 5 nitrogen and oxygen atoms in total. The molecule has 0 saturated carbocycles. The maximum Gasteiger partial charge on any atom is 0.416 e. The number of halogens is 3. The molecule has 4 rings (SSSR count). The molecule has 0 radical (unpaired) electrons. The van der Waals surface area contributed by atoms with E-state index in [0.29, 0.717) is 25.7 Å². The first-order valence-electron chi connectivity index (χ1n) is 10.9. The van der Waals surface area contributed by atoms with Crippen molar-refractivity contribution < 1.29 is 27.5 Å². The SMILES string of the molecule is N#Cc1cc(C(=O)C2CC3CCCC(C2)N3C(=O)OCc2ccccc2)cc(C(F)(F)F)c1. The van der Waals surface area contributed by atoms with Gasteiger partial charge in [0.15, 0.2) is 5.78 Å². The van der Waals surface area contributed by atoms with E-state index in [9.17, 15) is 22.8 Å². The Bertz CT molecular complexity index is 1060. The normalized spacial score (nSPS) is 22.4. The first-order valence-corrected chi connectivity index (χ1v) is 10.9. The highest BCUT2D eigenvalue weighted by atomic mass is 19.4. The number of nitriles is 1. The standard InChI is InChI=1S/C25H23F3N2O3/c26-25(27,28)20-10-17(14-29)9-18(11-20)23(31)19-12-21-7-4-8-22(13-19)30(21)24(32)33-15-16-5-2-1-3-6-16/h1-3,5-6,9-11,19,21-22H,4,7-8,12-13,15H2. The third-order valence-electron chi connectivity index (χ3n) is 6.44. The molecule has 2 saturated heterocycles. The average molecular weight is 456 g/mol.